The highest BCUT2D eigenvalue weighted by atomic mass is 35.5. The van der Waals surface area contributed by atoms with Crippen LogP contribution in [0.25, 0.3) is 10.9 Å². The summed E-state index contributed by atoms with van der Waals surface area (Å²) in [7, 11) is 0. The molecule has 0 bridgehead atoms. The van der Waals surface area contributed by atoms with Gasteiger partial charge in [-0.15, -0.1) is 11.6 Å². The van der Waals surface area contributed by atoms with Crippen LogP contribution in [0.4, 0.5) is 5.69 Å². The van der Waals surface area contributed by atoms with Gasteiger partial charge in [0.15, 0.2) is 0 Å². The van der Waals surface area contributed by atoms with E-state index >= 15 is 0 Å². The van der Waals surface area contributed by atoms with Gasteiger partial charge in [0.05, 0.1) is 5.52 Å². The maximum Gasteiger partial charge on any atom is 0.248 e. The fourth-order valence-corrected chi connectivity index (χ4v) is 3.68. The summed E-state index contributed by atoms with van der Waals surface area (Å²) in [6.07, 6.45) is 13.9. The number of amides is 1. The van der Waals surface area contributed by atoms with Crippen molar-refractivity contribution in [3.05, 3.63) is 40.2 Å². The van der Waals surface area contributed by atoms with Crippen LogP contribution in [0, 0.1) is 0 Å². The highest BCUT2D eigenvalue weighted by molar-refractivity contribution is 6.29. The normalized spacial score (nSPS) is 11.1. The summed E-state index contributed by atoms with van der Waals surface area (Å²) in [5.41, 5.74) is 2.37. The number of anilines is 1. The molecule has 1 aromatic carbocycles. The Hall–Kier alpha value is -1.81. The number of halogens is 1. The number of fused-ring (bicyclic) bond motifs is 1. The molecule has 0 fully saturated rings. The van der Waals surface area contributed by atoms with Crippen molar-refractivity contribution in [2.75, 3.05) is 11.2 Å². The fraction of sp³-hybridized carbons (Fsp3) is 0.565. The van der Waals surface area contributed by atoms with Crippen LogP contribution in [0.5, 0.6) is 0 Å². The van der Waals surface area contributed by atoms with E-state index in [-0.39, 0.29) is 17.3 Å². The Bertz CT molecular complexity index is 801. The molecule has 2 N–H and O–H groups in total. The Labute approximate surface area is 173 Å². The van der Waals surface area contributed by atoms with Gasteiger partial charge >= 0.3 is 0 Å². The third-order valence-corrected chi connectivity index (χ3v) is 5.38. The Morgan fingerprint density at radius 1 is 0.964 bits per heavy atom. The van der Waals surface area contributed by atoms with Gasteiger partial charge in [-0.25, -0.2) is 0 Å². The first-order chi connectivity index (χ1) is 13.6. The van der Waals surface area contributed by atoms with Crippen molar-refractivity contribution in [3.8, 4) is 0 Å². The average Bonchev–Trinajstić information content (AvgIpc) is 2.68. The number of unbranched alkanes of at least 4 members (excludes halogenated alkanes) is 9. The van der Waals surface area contributed by atoms with E-state index < -0.39 is 0 Å². The summed E-state index contributed by atoms with van der Waals surface area (Å²) in [4.78, 5) is 26.3. The molecule has 0 aliphatic rings. The standard InChI is InChI=1S/C23H33ClN2O2/c1-2-3-4-5-6-7-8-9-10-11-12-18-15-22(27)26-21-16-19(13-14-20(18)21)25-23(28)17-24/h13-16H,2-12,17H2,1H3,(H,25,28)(H,26,27). The van der Waals surface area contributed by atoms with Crippen molar-refractivity contribution in [1.29, 1.82) is 0 Å². The molecule has 0 atom stereocenters. The first-order valence-corrected chi connectivity index (χ1v) is 11.2. The van der Waals surface area contributed by atoms with Crippen molar-refractivity contribution in [3.63, 3.8) is 0 Å². The highest BCUT2D eigenvalue weighted by Gasteiger charge is 2.06. The maximum atomic E-state index is 12.0. The van der Waals surface area contributed by atoms with E-state index in [2.05, 4.69) is 17.2 Å². The highest BCUT2D eigenvalue weighted by Crippen LogP contribution is 2.22. The number of aryl methyl sites for hydroxylation is 1. The smallest absolute Gasteiger partial charge is 0.248 e. The van der Waals surface area contributed by atoms with Crippen LogP contribution in [0.2, 0.25) is 0 Å². The van der Waals surface area contributed by atoms with E-state index in [1.54, 1.807) is 12.1 Å². The fourth-order valence-electron chi connectivity index (χ4n) is 3.61. The molecule has 0 radical (unpaired) electrons. The second kappa shape index (κ2) is 12.6. The quantitative estimate of drug-likeness (QED) is 0.309. The predicted octanol–water partition coefficient (Wildman–Crippen LogP) is 6.17. The molecular weight excluding hydrogens is 372 g/mol. The Balaban J connectivity index is 1.82. The van der Waals surface area contributed by atoms with E-state index in [1.807, 2.05) is 12.1 Å². The number of pyridine rings is 1. The van der Waals surface area contributed by atoms with Gasteiger partial charge in [0.25, 0.3) is 0 Å². The number of rotatable bonds is 13. The summed E-state index contributed by atoms with van der Waals surface area (Å²) in [5, 5.41) is 3.76. The largest absolute Gasteiger partial charge is 0.325 e. The summed E-state index contributed by atoms with van der Waals surface area (Å²) in [5.74, 6) is -0.349. The molecule has 154 valence electrons. The molecule has 0 saturated carbocycles. The number of alkyl halides is 1. The lowest BCUT2D eigenvalue weighted by molar-refractivity contribution is -0.113. The second-order valence-corrected chi connectivity index (χ2v) is 7.80. The van der Waals surface area contributed by atoms with Crippen molar-refractivity contribution in [2.45, 2.75) is 77.6 Å². The minimum Gasteiger partial charge on any atom is -0.325 e. The van der Waals surface area contributed by atoms with Gasteiger partial charge in [0.2, 0.25) is 11.5 Å². The number of carbonyl (C=O) groups is 1. The van der Waals surface area contributed by atoms with E-state index in [0.717, 1.165) is 29.3 Å². The Kier molecular flexibility index (Phi) is 10.1. The predicted molar refractivity (Wildman–Crippen MR) is 119 cm³/mol. The first kappa shape index (κ1) is 22.5. The molecule has 5 heteroatoms. The van der Waals surface area contributed by atoms with Gasteiger partial charge in [0.1, 0.15) is 5.88 Å². The number of carbonyl (C=O) groups excluding carboxylic acids is 1. The summed E-state index contributed by atoms with van der Waals surface area (Å²) in [6, 6.07) is 7.31. The van der Waals surface area contributed by atoms with Crippen molar-refractivity contribution < 1.29 is 4.79 Å². The SMILES string of the molecule is CCCCCCCCCCCCc1cc(=O)[nH]c2cc(NC(=O)CCl)ccc12. The molecule has 0 spiro atoms. The number of nitrogens with one attached hydrogen (secondary N) is 2. The zero-order valence-electron chi connectivity index (χ0n) is 17.0. The van der Waals surface area contributed by atoms with Crippen LogP contribution >= 0.6 is 11.6 Å². The summed E-state index contributed by atoms with van der Waals surface area (Å²) >= 11 is 5.53. The first-order valence-electron chi connectivity index (χ1n) is 10.7. The molecular formula is C23H33ClN2O2. The average molecular weight is 405 g/mol. The zero-order chi connectivity index (χ0) is 20.2. The number of benzene rings is 1. The molecule has 1 heterocycles. The third-order valence-electron chi connectivity index (χ3n) is 5.13. The molecule has 0 aliphatic heterocycles. The van der Waals surface area contributed by atoms with Crippen LogP contribution in [0.1, 0.15) is 76.7 Å². The zero-order valence-corrected chi connectivity index (χ0v) is 17.7. The monoisotopic (exact) mass is 404 g/mol. The van der Waals surface area contributed by atoms with E-state index in [1.165, 1.54) is 57.8 Å². The van der Waals surface area contributed by atoms with Crippen LogP contribution in [-0.4, -0.2) is 16.8 Å². The molecule has 1 amide bonds. The van der Waals surface area contributed by atoms with Crippen molar-refractivity contribution >= 4 is 34.1 Å². The molecule has 4 nitrogen and oxygen atoms in total. The van der Waals surface area contributed by atoms with Gasteiger partial charge in [0, 0.05) is 17.1 Å². The number of hydrogen-bond acceptors (Lipinski definition) is 2. The van der Waals surface area contributed by atoms with Gasteiger partial charge in [-0.1, -0.05) is 70.8 Å². The van der Waals surface area contributed by atoms with Crippen molar-refractivity contribution in [1.82, 2.24) is 4.98 Å². The van der Waals surface area contributed by atoms with Gasteiger partial charge in [-0.05, 0) is 30.5 Å². The lowest BCUT2D eigenvalue weighted by atomic mass is 10.0. The second-order valence-electron chi connectivity index (χ2n) is 7.53. The van der Waals surface area contributed by atoms with Crippen LogP contribution in [0.3, 0.4) is 0 Å². The maximum absolute atomic E-state index is 12.0. The van der Waals surface area contributed by atoms with Crippen molar-refractivity contribution in [2.24, 2.45) is 0 Å². The van der Waals surface area contributed by atoms with Gasteiger partial charge in [-0.3, -0.25) is 9.59 Å². The number of aromatic nitrogens is 1. The van der Waals surface area contributed by atoms with Gasteiger partial charge in [-0.2, -0.15) is 0 Å². The topological polar surface area (TPSA) is 62.0 Å². The number of H-pyrrole nitrogens is 1. The minimum atomic E-state index is -0.259. The Morgan fingerprint density at radius 2 is 1.61 bits per heavy atom. The molecule has 0 aliphatic carbocycles. The molecule has 2 rings (SSSR count). The molecule has 1 aromatic heterocycles. The van der Waals surface area contributed by atoms with Gasteiger partial charge < -0.3 is 10.3 Å². The molecule has 2 aromatic rings. The van der Waals surface area contributed by atoms with E-state index in [0.29, 0.717) is 5.69 Å². The van der Waals surface area contributed by atoms with Crippen LogP contribution < -0.4 is 10.9 Å². The lowest BCUT2D eigenvalue weighted by Gasteiger charge is -2.09. The minimum absolute atomic E-state index is 0.0899. The summed E-state index contributed by atoms with van der Waals surface area (Å²) in [6.45, 7) is 2.25. The molecule has 28 heavy (non-hydrogen) atoms. The number of aromatic amines is 1. The number of hydrogen-bond donors (Lipinski definition) is 2. The molecule has 0 unspecified atom stereocenters. The lowest BCUT2D eigenvalue weighted by Crippen LogP contribution is -2.13. The van der Waals surface area contributed by atoms with E-state index in [9.17, 15) is 9.59 Å². The third kappa shape index (κ3) is 7.67. The Morgan fingerprint density at radius 3 is 2.25 bits per heavy atom. The van der Waals surface area contributed by atoms with E-state index in [4.69, 9.17) is 11.6 Å². The van der Waals surface area contributed by atoms with Crippen LogP contribution in [-0.2, 0) is 11.2 Å². The molecule has 0 saturated heterocycles. The van der Waals surface area contributed by atoms with Crippen LogP contribution in [0.15, 0.2) is 29.1 Å². The summed E-state index contributed by atoms with van der Waals surface area (Å²) < 4.78 is 0.